The zero-order valence-electron chi connectivity index (χ0n) is 11.5. The molecule has 1 aromatic carbocycles. The molecule has 3 atom stereocenters. The number of benzene rings is 1. The molecule has 2 aliphatic heterocycles. The van der Waals surface area contributed by atoms with Crippen LogP contribution >= 0.6 is 23.5 Å². The molecule has 2 saturated heterocycles. The van der Waals surface area contributed by atoms with Crippen LogP contribution in [0.25, 0.3) is 0 Å². The van der Waals surface area contributed by atoms with E-state index in [0.29, 0.717) is 5.75 Å². The van der Waals surface area contributed by atoms with Crippen molar-refractivity contribution in [3.05, 3.63) is 35.9 Å². The van der Waals surface area contributed by atoms with Crippen LogP contribution in [0.3, 0.4) is 0 Å². The molecule has 0 saturated carbocycles. The smallest absolute Gasteiger partial charge is 0.330 e. The van der Waals surface area contributed by atoms with E-state index >= 15 is 0 Å². The topological polar surface area (TPSA) is 72.6 Å². The number of carbonyl (C=O) groups excluding carboxylic acids is 2. The number of carbonyl (C=O) groups is 2. The number of esters is 1. The number of nitrogens with zero attached hydrogens (tertiary/aromatic N) is 1. The molecule has 1 aromatic rings. The van der Waals surface area contributed by atoms with Gasteiger partial charge in [0.2, 0.25) is 0 Å². The maximum atomic E-state index is 12.2. The highest BCUT2D eigenvalue weighted by atomic mass is 32.2. The summed E-state index contributed by atoms with van der Waals surface area (Å²) in [5.41, 5.74) is 6.99. The molecule has 1 amide bonds. The van der Waals surface area contributed by atoms with Gasteiger partial charge in [-0.1, -0.05) is 30.3 Å². The zero-order valence-corrected chi connectivity index (χ0v) is 13.2. The Morgan fingerprint density at radius 3 is 2.90 bits per heavy atom. The van der Waals surface area contributed by atoms with Crippen molar-refractivity contribution in [3.8, 4) is 0 Å². The molecule has 3 unspecified atom stereocenters. The van der Waals surface area contributed by atoms with Gasteiger partial charge in [-0.15, -0.1) is 23.5 Å². The summed E-state index contributed by atoms with van der Waals surface area (Å²) in [6.07, 6.45) is 1.82. The molecule has 2 fully saturated rings. The van der Waals surface area contributed by atoms with E-state index in [1.165, 1.54) is 11.8 Å². The highest BCUT2D eigenvalue weighted by Crippen LogP contribution is 2.49. The third-order valence-corrected chi connectivity index (χ3v) is 6.42. The van der Waals surface area contributed by atoms with Crippen LogP contribution in [0.5, 0.6) is 0 Å². The summed E-state index contributed by atoms with van der Waals surface area (Å²) in [5, 5.41) is -0.130. The van der Waals surface area contributed by atoms with Crippen molar-refractivity contribution in [2.24, 2.45) is 5.73 Å². The minimum atomic E-state index is -0.890. The SMILES string of the molecule is CSC1(N)C(=O)N2C(C(=O)OCc3ccccc3)CSC21. The first-order chi connectivity index (χ1) is 10.1. The lowest BCUT2D eigenvalue weighted by molar-refractivity contribution is -0.162. The summed E-state index contributed by atoms with van der Waals surface area (Å²) in [6, 6.07) is 8.97. The van der Waals surface area contributed by atoms with E-state index in [-0.39, 0.29) is 23.9 Å². The predicted octanol–water partition coefficient (Wildman–Crippen LogP) is 1.03. The van der Waals surface area contributed by atoms with Crippen LogP contribution in [0.4, 0.5) is 0 Å². The third-order valence-electron chi connectivity index (χ3n) is 3.77. The molecule has 2 N–H and O–H groups in total. The maximum absolute atomic E-state index is 12.2. The van der Waals surface area contributed by atoms with Gasteiger partial charge >= 0.3 is 5.97 Å². The van der Waals surface area contributed by atoms with Crippen LogP contribution in [-0.4, -0.2) is 45.1 Å². The van der Waals surface area contributed by atoms with Gasteiger partial charge in [0.25, 0.3) is 5.91 Å². The Balaban J connectivity index is 1.61. The highest BCUT2D eigenvalue weighted by Gasteiger charge is 2.65. The number of fused-ring (bicyclic) bond motifs is 1. The number of nitrogens with two attached hydrogens (primary N) is 1. The fourth-order valence-corrected chi connectivity index (χ4v) is 5.02. The van der Waals surface area contributed by atoms with Gasteiger partial charge in [0.15, 0.2) is 4.87 Å². The number of hydrogen-bond donors (Lipinski definition) is 1. The summed E-state index contributed by atoms with van der Waals surface area (Å²) in [5.74, 6) is 0.0146. The molecule has 0 aromatic heterocycles. The number of ether oxygens (including phenoxy) is 1. The Labute approximate surface area is 131 Å². The number of thioether (sulfide) groups is 2. The van der Waals surface area contributed by atoms with Crippen molar-refractivity contribution in [2.45, 2.75) is 22.9 Å². The van der Waals surface area contributed by atoms with Crippen molar-refractivity contribution in [3.63, 3.8) is 0 Å². The molecule has 7 heteroatoms. The number of rotatable bonds is 4. The first-order valence-electron chi connectivity index (χ1n) is 6.57. The molecule has 112 valence electrons. The van der Waals surface area contributed by atoms with E-state index in [4.69, 9.17) is 10.5 Å². The molecule has 3 rings (SSSR count). The Morgan fingerprint density at radius 2 is 2.24 bits per heavy atom. The molecule has 0 spiro atoms. The Morgan fingerprint density at radius 1 is 1.52 bits per heavy atom. The molecular weight excluding hydrogens is 308 g/mol. The monoisotopic (exact) mass is 324 g/mol. The fraction of sp³-hybridized carbons (Fsp3) is 0.429. The Bertz CT molecular complexity index is 569. The van der Waals surface area contributed by atoms with Crippen LogP contribution < -0.4 is 5.73 Å². The van der Waals surface area contributed by atoms with E-state index in [1.54, 1.807) is 16.7 Å². The largest absolute Gasteiger partial charge is 0.459 e. The molecule has 21 heavy (non-hydrogen) atoms. The lowest BCUT2D eigenvalue weighted by Gasteiger charge is -2.49. The van der Waals surface area contributed by atoms with Crippen molar-refractivity contribution >= 4 is 35.4 Å². The second kappa shape index (κ2) is 5.55. The van der Waals surface area contributed by atoms with Gasteiger partial charge in [0, 0.05) is 5.75 Å². The Kier molecular flexibility index (Phi) is 3.90. The molecule has 0 bridgehead atoms. The minimum absolute atomic E-state index is 0.130. The fourth-order valence-electron chi connectivity index (χ4n) is 2.52. The van der Waals surface area contributed by atoms with Crippen molar-refractivity contribution < 1.29 is 14.3 Å². The maximum Gasteiger partial charge on any atom is 0.330 e. The van der Waals surface area contributed by atoms with E-state index in [0.717, 1.165) is 5.56 Å². The second-order valence-corrected chi connectivity index (χ2v) is 7.20. The summed E-state index contributed by atoms with van der Waals surface area (Å²) in [7, 11) is 0. The van der Waals surface area contributed by atoms with E-state index in [2.05, 4.69) is 0 Å². The average molecular weight is 324 g/mol. The quantitative estimate of drug-likeness (QED) is 0.507. The van der Waals surface area contributed by atoms with Gasteiger partial charge in [0.05, 0.1) is 0 Å². The van der Waals surface area contributed by atoms with E-state index < -0.39 is 10.9 Å². The lowest BCUT2D eigenvalue weighted by atomic mass is 10.0. The van der Waals surface area contributed by atoms with Gasteiger partial charge in [0.1, 0.15) is 18.0 Å². The van der Waals surface area contributed by atoms with Crippen molar-refractivity contribution in [1.29, 1.82) is 0 Å². The molecule has 0 radical (unpaired) electrons. The second-order valence-electron chi connectivity index (χ2n) is 5.00. The minimum Gasteiger partial charge on any atom is -0.459 e. The number of amides is 1. The lowest BCUT2D eigenvalue weighted by Crippen LogP contribution is -2.75. The van der Waals surface area contributed by atoms with Crippen LogP contribution in [0.1, 0.15) is 5.56 Å². The van der Waals surface area contributed by atoms with Crippen LogP contribution in [0, 0.1) is 0 Å². The molecule has 5 nitrogen and oxygen atoms in total. The Hall–Kier alpha value is -1.18. The summed E-state index contributed by atoms with van der Waals surface area (Å²) < 4.78 is 5.32. The van der Waals surface area contributed by atoms with Gasteiger partial charge in [-0.3, -0.25) is 4.79 Å². The summed E-state index contributed by atoms with van der Waals surface area (Å²) >= 11 is 2.88. The standard InChI is InChI=1S/C14H16N2O3S2/c1-20-14(15)12(18)16-10(8-21-13(14)16)11(17)19-7-9-5-3-2-4-6-9/h2-6,10,13H,7-8,15H2,1H3. The summed E-state index contributed by atoms with van der Waals surface area (Å²) in [6.45, 7) is 0.226. The van der Waals surface area contributed by atoms with Crippen LogP contribution in [0.15, 0.2) is 30.3 Å². The normalized spacial score (nSPS) is 30.8. The summed E-state index contributed by atoms with van der Waals surface area (Å²) in [4.78, 5) is 25.0. The van der Waals surface area contributed by atoms with Gasteiger partial charge in [-0.05, 0) is 11.8 Å². The first-order valence-corrected chi connectivity index (χ1v) is 8.84. The molecule has 0 aliphatic carbocycles. The van der Waals surface area contributed by atoms with Crippen LogP contribution in [-0.2, 0) is 20.9 Å². The van der Waals surface area contributed by atoms with Gasteiger partial charge in [-0.2, -0.15) is 0 Å². The van der Waals surface area contributed by atoms with Crippen molar-refractivity contribution in [2.75, 3.05) is 12.0 Å². The highest BCUT2D eigenvalue weighted by molar-refractivity contribution is 8.05. The molecule has 2 heterocycles. The van der Waals surface area contributed by atoms with E-state index in [9.17, 15) is 9.59 Å². The van der Waals surface area contributed by atoms with Gasteiger partial charge in [-0.25, -0.2) is 4.79 Å². The number of β-lactam (4-membered cyclic amide) rings is 1. The molecule has 2 aliphatic rings. The van der Waals surface area contributed by atoms with Crippen molar-refractivity contribution in [1.82, 2.24) is 4.90 Å². The predicted molar refractivity (Wildman–Crippen MR) is 83.6 cm³/mol. The number of hydrogen-bond acceptors (Lipinski definition) is 6. The first kappa shape index (κ1) is 14.7. The third kappa shape index (κ3) is 2.33. The van der Waals surface area contributed by atoms with Crippen LogP contribution in [0.2, 0.25) is 0 Å². The molecular formula is C14H16N2O3S2. The van der Waals surface area contributed by atoms with Gasteiger partial charge < -0.3 is 15.4 Å². The average Bonchev–Trinajstić information content (AvgIpc) is 2.95. The van der Waals surface area contributed by atoms with E-state index in [1.807, 2.05) is 36.6 Å². The zero-order chi connectivity index (χ0) is 15.0.